The Morgan fingerprint density at radius 1 is 0.969 bits per heavy atom. The van der Waals surface area contributed by atoms with Gasteiger partial charge in [0, 0.05) is 44.2 Å². The number of fused-ring (bicyclic) bond motifs is 1. The quantitative estimate of drug-likeness (QED) is 0.488. The van der Waals surface area contributed by atoms with Crippen LogP contribution in [-0.4, -0.2) is 62.2 Å². The van der Waals surface area contributed by atoms with E-state index in [-0.39, 0.29) is 18.3 Å². The predicted molar refractivity (Wildman–Crippen MR) is 130 cm³/mol. The van der Waals surface area contributed by atoms with Crippen molar-refractivity contribution in [1.29, 1.82) is 0 Å². The number of hydrogen-bond acceptors (Lipinski definition) is 7. The Kier molecular flexibility index (Phi) is 8.90. The minimum atomic E-state index is 0. The molecule has 32 heavy (non-hydrogen) atoms. The topological polar surface area (TPSA) is 93.8 Å². The van der Waals surface area contributed by atoms with E-state index >= 15 is 0 Å². The van der Waals surface area contributed by atoms with E-state index in [1.165, 1.54) is 0 Å². The minimum Gasteiger partial charge on any atom is -0.493 e. The van der Waals surface area contributed by atoms with Gasteiger partial charge in [0.05, 0.1) is 19.7 Å². The van der Waals surface area contributed by atoms with Gasteiger partial charge in [0.1, 0.15) is 5.82 Å². The Labute approximate surface area is 194 Å². The number of carbonyl (C=O) groups excluding carboxylic acids is 1. The second-order valence-electron chi connectivity index (χ2n) is 7.35. The summed E-state index contributed by atoms with van der Waals surface area (Å²) in [5, 5.41) is 0.718. The number of nitrogens with two attached hydrogens (primary N) is 1. The Morgan fingerprint density at radius 2 is 1.59 bits per heavy atom. The first-order chi connectivity index (χ1) is 14.9. The number of benzene rings is 2. The molecule has 0 spiro atoms. The molecule has 1 aromatic heterocycles. The van der Waals surface area contributed by atoms with Gasteiger partial charge in [0.15, 0.2) is 11.5 Å². The third kappa shape index (κ3) is 5.70. The molecule has 3 rings (SSSR count). The van der Waals surface area contributed by atoms with Crippen LogP contribution in [0.15, 0.2) is 42.5 Å². The lowest BCUT2D eigenvalue weighted by molar-refractivity contribution is 0.0793. The third-order valence-corrected chi connectivity index (χ3v) is 5.16. The number of amides is 1. The minimum absolute atomic E-state index is 0. The summed E-state index contributed by atoms with van der Waals surface area (Å²) in [6.45, 7) is 1.42. The second-order valence-corrected chi connectivity index (χ2v) is 7.35. The molecule has 9 heteroatoms. The number of hydrogen-bond donors (Lipinski definition) is 1. The van der Waals surface area contributed by atoms with E-state index in [2.05, 4.69) is 9.97 Å². The molecule has 0 aliphatic rings. The lowest BCUT2D eigenvalue weighted by Crippen LogP contribution is -2.28. The first-order valence-corrected chi connectivity index (χ1v) is 10.2. The molecule has 0 fully saturated rings. The van der Waals surface area contributed by atoms with E-state index in [4.69, 9.17) is 15.2 Å². The summed E-state index contributed by atoms with van der Waals surface area (Å²) >= 11 is 0. The summed E-state index contributed by atoms with van der Waals surface area (Å²) in [7, 11) is 6.92. The molecule has 0 atom stereocenters. The first-order valence-electron chi connectivity index (χ1n) is 10.2. The molecule has 0 aliphatic heterocycles. The SMILES string of the molecule is COc1cc2nc(N(C)CCCCN(C)C(=O)c3ccccc3)nc(N)c2cc1OC.Cl. The van der Waals surface area contributed by atoms with Crippen molar-refractivity contribution in [1.82, 2.24) is 14.9 Å². The van der Waals surface area contributed by atoms with Crippen LogP contribution in [0.3, 0.4) is 0 Å². The number of halogens is 1. The highest BCUT2D eigenvalue weighted by molar-refractivity contribution is 5.94. The highest BCUT2D eigenvalue weighted by Gasteiger charge is 2.14. The van der Waals surface area contributed by atoms with Crippen LogP contribution in [0.25, 0.3) is 10.9 Å². The lowest BCUT2D eigenvalue weighted by Gasteiger charge is -2.20. The van der Waals surface area contributed by atoms with Gasteiger partial charge in [-0.05, 0) is 31.0 Å². The second kappa shape index (κ2) is 11.4. The fourth-order valence-electron chi connectivity index (χ4n) is 3.34. The Balaban J connectivity index is 0.00000363. The van der Waals surface area contributed by atoms with Gasteiger partial charge < -0.3 is 25.0 Å². The summed E-state index contributed by atoms with van der Waals surface area (Å²) in [5.41, 5.74) is 7.57. The number of aromatic nitrogens is 2. The summed E-state index contributed by atoms with van der Waals surface area (Å²) < 4.78 is 10.7. The van der Waals surface area contributed by atoms with Crippen LogP contribution < -0.4 is 20.1 Å². The number of nitrogens with zero attached hydrogens (tertiary/aromatic N) is 4. The van der Waals surface area contributed by atoms with E-state index in [9.17, 15) is 4.79 Å². The van der Waals surface area contributed by atoms with Gasteiger partial charge in [-0.2, -0.15) is 4.98 Å². The molecule has 172 valence electrons. The number of unbranched alkanes of at least 4 members (excludes halogenated alkanes) is 1. The van der Waals surface area contributed by atoms with Crippen LogP contribution >= 0.6 is 12.4 Å². The average molecular weight is 460 g/mol. The van der Waals surface area contributed by atoms with Gasteiger partial charge in [0.25, 0.3) is 5.91 Å². The van der Waals surface area contributed by atoms with Crippen LogP contribution in [0.5, 0.6) is 11.5 Å². The van der Waals surface area contributed by atoms with E-state index in [0.717, 1.165) is 24.8 Å². The molecule has 0 radical (unpaired) electrons. The fraction of sp³-hybridized carbons (Fsp3) is 0.348. The zero-order chi connectivity index (χ0) is 22.4. The number of methoxy groups -OCH3 is 2. The number of anilines is 2. The molecule has 0 aliphatic carbocycles. The maximum Gasteiger partial charge on any atom is 0.253 e. The van der Waals surface area contributed by atoms with Crippen LogP contribution in [-0.2, 0) is 0 Å². The monoisotopic (exact) mass is 459 g/mol. The fourth-order valence-corrected chi connectivity index (χ4v) is 3.34. The molecule has 0 unspecified atom stereocenters. The number of nitrogen functional groups attached to an aromatic ring is 1. The molecule has 1 heterocycles. The molecule has 2 aromatic carbocycles. The maximum absolute atomic E-state index is 12.4. The molecule has 8 nitrogen and oxygen atoms in total. The molecular formula is C23H30ClN5O3. The standard InChI is InChI=1S/C23H29N5O3.ClH/c1-27(22(29)16-10-6-5-7-11-16)12-8-9-13-28(2)23-25-18-15-20(31-4)19(30-3)14-17(18)21(24)26-23;/h5-7,10-11,14-15H,8-9,12-13H2,1-4H3,(H2,24,25,26);1H. The molecule has 1 amide bonds. The van der Waals surface area contributed by atoms with Gasteiger partial charge in [-0.1, -0.05) is 18.2 Å². The van der Waals surface area contributed by atoms with Crippen molar-refractivity contribution in [2.24, 2.45) is 0 Å². The normalized spacial score (nSPS) is 10.4. The molecular weight excluding hydrogens is 430 g/mol. The van der Waals surface area contributed by atoms with Gasteiger partial charge in [0.2, 0.25) is 5.95 Å². The molecule has 0 saturated carbocycles. The molecule has 3 aromatic rings. The molecule has 0 bridgehead atoms. The lowest BCUT2D eigenvalue weighted by atomic mass is 10.2. The first kappa shape index (κ1) is 25.0. The van der Waals surface area contributed by atoms with Crippen LogP contribution in [0.1, 0.15) is 23.2 Å². The third-order valence-electron chi connectivity index (χ3n) is 5.16. The van der Waals surface area contributed by atoms with E-state index in [1.54, 1.807) is 31.3 Å². The van der Waals surface area contributed by atoms with Crippen LogP contribution in [0.4, 0.5) is 11.8 Å². The van der Waals surface area contributed by atoms with Gasteiger partial charge in [-0.25, -0.2) is 4.98 Å². The van der Waals surface area contributed by atoms with Crippen molar-refractivity contribution in [3.05, 3.63) is 48.0 Å². The predicted octanol–water partition coefficient (Wildman–Crippen LogP) is 3.64. The molecule has 0 saturated heterocycles. The Bertz CT molecular complexity index is 1050. The van der Waals surface area contributed by atoms with Crippen molar-refractivity contribution in [2.75, 3.05) is 52.0 Å². The van der Waals surface area contributed by atoms with Crippen molar-refractivity contribution >= 4 is 41.0 Å². The van der Waals surface area contributed by atoms with Crippen molar-refractivity contribution in [3.63, 3.8) is 0 Å². The summed E-state index contributed by atoms with van der Waals surface area (Å²) in [6.07, 6.45) is 1.75. The Morgan fingerprint density at radius 3 is 2.25 bits per heavy atom. The summed E-state index contributed by atoms with van der Waals surface area (Å²) in [5.74, 6) is 2.14. The van der Waals surface area contributed by atoms with Crippen molar-refractivity contribution in [3.8, 4) is 11.5 Å². The zero-order valence-corrected chi connectivity index (χ0v) is 19.7. The average Bonchev–Trinajstić information content (AvgIpc) is 2.80. The number of carbonyl (C=O) groups is 1. The van der Waals surface area contributed by atoms with Gasteiger partial charge in [-0.3, -0.25) is 4.79 Å². The smallest absolute Gasteiger partial charge is 0.253 e. The maximum atomic E-state index is 12.4. The van der Waals surface area contributed by atoms with E-state index < -0.39 is 0 Å². The van der Waals surface area contributed by atoms with Gasteiger partial charge in [-0.15, -0.1) is 12.4 Å². The van der Waals surface area contributed by atoms with E-state index in [1.807, 2.05) is 49.3 Å². The van der Waals surface area contributed by atoms with Crippen molar-refractivity contribution < 1.29 is 14.3 Å². The van der Waals surface area contributed by atoms with Crippen LogP contribution in [0.2, 0.25) is 0 Å². The zero-order valence-electron chi connectivity index (χ0n) is 18.9. The summed E-state index contributed by atoms with van der Waals surface area (Å²) in [4.78, 5) is 25.2. The summed E-state index contributed by atoms with van der Waals surface area (Å²) in [6, 6.07) is 12.9. The highest BCUT2D eigenvalue weighted by atomic mass is 35.5. The Hall–Kier alpha value is -3.26. The van der Waals surface area contributed by atoms with Crippen LogP contribution in [0, 0.1) is 0 Å². The largest absolute Gasteiger partial charge is 0.493 e. The highest BCUT2D eigenvalue weighted by Crippen LogP contribution is 2.33. The number of ether oxygens (including phenoxy) is 2. The number of rotatable bonds is 9. The van der Waals surface area contributed by atoms with E-state index in [0.29, 0.717) is 40.9 Å². The molecule has 2 N–H and O–H groups in total. The van der Waals surface area contributed by atoms with Gasteiger partial charge >= 0.3 is 0 Å². The van der Waals surface area contributed by atoms with Crippen molar-refractivity contribution in [2.45, 2.75) is 12.8 Å².